The third kappa shape index (κ3) is 3.98. The van der Waals surface area contributed by atoms with E-state index in [0.29, 0.717) is 32.7 Å². The molecule has 1 saturated heterocycles. The van der Waals surface area contributed by atoms with E-state index < -0.39 is 0 Å². The zero-order chi connectivity index (χ0) is 20.4. The summed E-state index contributed by atoms with van der Waals surface area (Å²) >= 11 is 0. The van der Waals surface area contributed by atoms with Gasteiger partial charge in [-0.1, -0.05) is 18.2 Å². The van der Waals surface area contributed by atoms with Gasteiger partial charge in [-0.05, 0) is 36.2 Å². The lowest BCUT2D eigenvalue weighted by Crippen LogP contribution is -2.41. The van der Waals surface area contributed by atoms with Crippen LogP contribution in [0.4, 0.5) is 5.69 Å². The Hall–Kier alpha value is -2.86. The highest BCUT2D eigenvalue weighted by molar-refractivity contribution is 5.78. The second-order valence-corrected chi connectivity index (χ2v) is 7.80. The molecule has 2 aromatic heterocycles. The van der Waals surface area contributed by atoms with Crippen LogP contribution in [0.2, 0.25) is 0 Å². The van der Waals surface area contributed by atoms with E-state index >= 15 is 0 Å². The summed E-state index contributed by atoms with van der Waals surface area (Å²) in [7, 11) is 4.06. The van der Waals surface area contributed by atoms with E-state index in [9.17, 15) is 4.79 Å². The third-order valence-corrected chi connectivity index (χ3v) is 5.67. The molecular formula is C23H28N4O2. The summed E-state index contributed by atoms with van der Waals surface area (Å²) in [4.78, 5) is 21.7. The Morgan fingerprint density at radius 1 is 1.17 bits per heavy atom. The lowest BCUT2D eigenvalue weighted by molar-refractivity contribution is -0.135. The predicted octanol–water partition coefficient (Wildman–Crippen LogP) is 3.09. The fraction of sp³-hybridized carbons (Fsp3) is 0.391. The highest BCUT2D eigenvalue weighted by Crippen LogP contribution is 2.31. The van der Waals surface area contributed by atoms with Crippen LogP contribution in [-0.2, 0) is 9.53 Å². The number of aromatic nitrogens is 2. The molecule has 1 atom stereocenters. The number of fused-ring (bicyclic) bond motifs is 1. The molecule has 152 valence electrons. The molecule has 1 aromatic carbocycles. The number of nitrogens with zero attached hydrogens (tertiary/aromatic N) is 4. The molecular weight excluding hydrogens is 364 g/mol. The topological polar surface area (TPSA) is 50.1 Å². The Kier molecular flexibility index (Phi) is 5.53. The average molecular weight is 393 g/mol. The van der Waals surface area contributed by atoms with Gasteiger partial charge in [0.2, 0.25) is 5.91 Å². The smallest absolute Gasteiger partial charge is 0.223 e. The van der Waals surface area contributed by atoms with Gasteiger partial charge in [-0.2, -0.15) is 0 Å². The number of rotatable bonds is 5. The van der Waals surface area contributed by atoms with E-state index in [1.807, 2.05) is 37.5 Å². The van der Waals surface area contributed by atoms with Crippen molar-refractivity contribution in [2.75, 3.05) is 45.3 Å². The fourth-order valence-electron chi connectivity index (χ4n) is 3.94. The van der Waals surface area contributed by atoms with Gasteiger partial charge in [-0.25, -0.2) is 4.98 Å². The highest BCUT2D eigenvalue weighted by Gasteiger charge is 2.26. The van der Waals surface area contributed by atoms with Gasteiger partial charge in [-0.3, -0.25) is 4.79 Å². The fourth-order valence-corrected chi connectivity index (χ4v) is 3.94. The van der Waals surface area contributed by atoms with E-state index in [1.54, 1.807) is 0 Å². The molecule has 0 bridgehead atoms. The van der Waals surface area contributed by atoms with E-state index in [-0.39, 0.29) is 11.8 Å². The predicted molar refractivity (Wildman–Crippen MR) is 115 cm³/mol. The van der Waals surface area contributed by atoms with Crippen molar-refractivity contribution in [1.29, 1.82) is 0 Å². The molecule has 1 amide bonds. The number of benzene rings is 1. The number of hydrogen-bond acceptors (Lipinski definition) is 4. The third-order valence-electron chi connectivity index (χ3n) is 5.67. The Bertz CT molecular complexity index is 988. The highest BCUT2D eigenvalue weighted by atomic mass is 16.5. The summed E-state index contributed by atoms with van der Waals surface area (Å²) in [6.07, 6.45) is 4.37. The molecule has 0 aliphatic carbocycles. The molecule has 0 saturated carbocycles. The van der Waals surface area contributed by atoms with E-state index in [4.69, 9.17) is 4.74 Å². The normalized spacial score (nSPS) is 15.5. The van der Waals surface area contributed by atoms with Crippen LogP contribution in [0, 0.1) is 6.92 Å². The molecule has 4 rings (SSSR count). The Labute approximate surface area is 171 Å². The molecule has 0 unspecified atom stereocenters. The summed E-state index contributed by atoms with van der Waals surface area (Å²) in [5, 5.41) is 0. The quantitative estimate of drug-likeness (QED) is 0.670. The Morgan fingerprint density at radius 2 is 1.90 bits per heavy atom. The number of morpholine rings is 1. The van der Waals surface area contributed by atoms with Gasteiger partial charge in [-0.15, -0.1) is 0 Å². The summed E-state index contributed by atoms with van der Waals surface area (Å²) in [6.45, 7) is 4.62. The van der Waals surface area contributed by atoms with Gasteiger partial charge < -0.3 is 18.9 Å². The largest absolute Gasteiger partial charge is 0.378 e. The monoisotopic (exact) mass is 392 g/mol. The van der Waals surface area contributed by atoms with Gasteiger partial charge in [0.05, 0.1) is 18.9 Å². The first-order valence-electron chi connectivity index (χ1n) is 10.1. The maximum atomic E-state index is 13.1. The minimum Gasteiger partial charge on any atom is -0.378 e. The van der Waals surface area contributed by atoms with E-state index in [0.717, 1.165) is 28.2 Å². The van der Waals surface area contributed by atoms with Crippen molar-refractivity contribution in [2.45, 2.75) is 19.3 Å². The number of imidazole rings is 1. The maximum absolute atomic E-state index is 13.1. The molecule has 0 radical (unpaired) electrons. The number of ether oxygens (including phenoxy) is 1. The van der Waals surface area contributed by atoms with Crippen LogP contribution in [0.15, 0.2) is 48.8 Å². The van der Waals surface area contributed by atoms with Crippen LogP contribution in [-0.4, -0.2) is 60.6 Å². The minimum atomic E-state index is -0.0571. The zero-order valence-corrected chi connectivity index (χ0v) is 17.3. The van der Waals surface area contributed by atoms with Crippen LogP contribution in [0.3, 0.4) is 0 Å². The van der Waals surface area contributed by atoms with Crippen molar-refractivity contribution < 1.29 is 9.53 Å². The molecule has 0 N–H and O–H groups in total. The van der Waals surface area contributed by atoms with Crippen LogP contribution >= 0.6 is 0 Å². The SMILES string of the molecule is Cc1cccn2c([C@H](CC(=O)N3CCOCC3)c3ccc(N(C)C)cc3)cnc12. The standard InChI is InChI=1S/C23H28N4O2/c1-17-5-4-10-27-21(16-24-23(17)27)20(15-22(28)26-11-13-29-14-12-26)18-6-8-19(9-7-18)25(2)3/h4-10,16,20H,11-15H2,1-3H3/t20-/m1/s1. The van der Waals surface area contributed by atoms with Crippen LogP contribution < -0.4 is 4.90 Å². The number of carbonyl (C=O) groups is 1. The van der Waals surface area contributed by atoms with Gasteiger partial charge in [0.1, 0.15) is 5.65 Å². The number of anilines is 1. The Morgan fingerprint density at radius 3 is 2.59 bits per heavy atom. The van der Waals surface area contributed by atoms with Crippen molar-refractivity contribution >= 4 is 17.2 Å². The molecule has 3 aromatic rings. The number of pyridine rings is 1. The van der Waals surface area contributed by atoms with E-state index in [2.05, 4.69) is 51.5 Å². The first kappa shape index (κ1) is 19.5. The summed E-state index contributed by atoms with van der Waals surface area (Å²) in [6, 6.07) is 12.6. The second-order valence-electron chi connectivity index (χ2n) is 7.80. The average Bonchev–Trinajstić information content (AvgIpc) is 3.18. The lowest BCUT2D eigenvalue weighted by Gasteiger charge is -2.28. The zero-order valence-electron chi connectivity index (χ0n) is 17.3. The molecule has 6 nitrogen and oxygen atoms in total. The van der Waals surface area contributed by atoms with Crippen molar-refractivity contribution in [3.05, 3.63) is 65.6 Å². The number of hydrogen-bond donors (Lipinski definition) is 0. The molecule has 29 heavy (non-hydrogen) atoms. The van der Waals surface area contributed by atoms with Crippen molar-refractivity contribution in [1.82, 2.24) is 14.3 Å². The maximum Gasteiger partial charge on any atom is 0.223 e. The number of aryl methyl sites for hydroxylation is 1. The minimum absolute atomic E-state index is 0.0571. The van der Waals surface area contributed by atoms with Crippen molar-refractivity contribution in [2.24, 2.45) is 0 Å². The van der Waals surface area contributed by atoms with Crippen LogP contribution in [0.5, 0.6) is 0 Å². The molecule has 6 heteroatoms. The van der Waals surface area contributed by atoms with Gasteiger partial charge in [0.15, 0.2) is 0 Å². The molecule has 1 aliphatic rings. The number of amides is 1. The second kappa shape index (κ2) is 8.25. The van der Waals surface area contributed by atoms with Gasteiger partial charge in [0, 0.05) is 57.6 Å². The first-order valence-corrected chi connectivity index (χ1v) is 10.1. The summed E-state index contributed by atoms with van der Waals surface area (Å²) < 4.78 is 7.52. The Balaban J connectivity index is 1.71. The summed E-state index contributed by atoms with van der Waals surface area (Å²) in [5.74, 6) is 0.107. The molecule has 1 aliphatic heterocycles. The van der Waals surface area contributed by atoms with Crippen LogP contribution in [0.25, 0.3) is 5.65 Å². The lowest BCUT2D eigenvalue weighted by atomic mass is 9.91. The van der Waals surface area contributed by atoms with Crippen LogP contribution in [0.1, 0.15) is 29.2 Å². The molecule has 0 spiro atoms. The number of carbonyl (C=O) groups excluding carboxylic acids is 1. The van der Waals surface area contributed by atoms with Crippen molar-refractivity contribution in [3.63, 3.8) is 0 Å². The summed E-state index contributed by atoms with van der Waals surface area (Å²) in [5.41, 5.74) is 5.38. The van der Waals surface area contributed by atoms with Gasteiger partial charge >= 0.3 is 0 Å². The van der Waals surface area contributed by atoms with Crippen molar-refractivity contribution in [3.8, 4) is 0 Å². The molecule has 3 heterocycles. The van der Waals surface area contributed by atoms with Gasteiger partial charge in [0.25, 0.3) is 0 Å². The first-order chi connectivity index (χ1) is 14.0. The van der Waals surface area contributed by atoms with E-state index in [1.165, 1.54) is 0 Å². The molecule has 1 fully saturated rings.